The fraction of sp³-hybridized carbons (Fsp3) is 0.227. The molecule has 154 valence electrons. The molecule has 1 aromatic heterocycles. The van der Waals surface area contributed by atoms with Crippen LogP contribution in [-0.4, -0.2) is 40.0 Å². The van der Waals surface area contributed by atoms with Gasteiger partial charge in [-0.25, -0.2) is 9.97 Å². The molecule has 0 unspecified atom stereocenters. The highest BCUT2D eigenvalue weighted by Crippen LogP contribution is 2.31. The first-order chi connectivity index (χ1) is 18.0. The number of halogens is 2. The molecule has 0 saturated carbocycles. The van der Waals surface area contributed by atoms with Gasteiger partial charge in [-0.3, -0.25) is 4.79 Å². The number of benzene rings is 2. The van der Waals surface area contributed by atoms with Crippen molar-refractivity contribution in [3.05, 3.63) is 72.1 Å². The Kier molecular flexibility index (Phi) is 3.11. The minimum Gasteiger partial charge on any atom is -0.491 e. The van der Waals surface area contributed by atoms with Crippen LogP contribution in [0.15, 0.2) is 60.8 Å². The van der Waals surface area contributed by atoms with E-state index in [0.29, 0.717) is 11.8 Å². The van der Waals surface area contributed by atoms with E-state index in [0.717, 1.165) is 6.07 Å². The fourth-order valence-electron chi connectivity index (χ4n) is 2.63. The van der Waals surface area contributed by atoms with Gasteiger partial charge in [0.2, 0.25) is 0 Å². The first-order valence-electron chi connectivity index (χ1n) is 13.1. The van der Waals surface area contributed by atoms with Gasteiger partial charge in [-0.1, -0.05) is 18.2 Å². The van der Waals surface area contributed by atoms with Crippen LogP contribution in [0.3, 0.4) is 0 Å². The maximum absolute atomic E-state index is 13.5. The van der Waals surface area contributed by atoms with Gasteiger partial charge < -0.3 is 14.4 Å². The van der Waals surface area contributed by atoms with E-state index >= 15 is 0 Å². The van der Waals surface area contributed by atoms with Crippen LogP contribution in [-0.2, 0) is 6.54 Å². The molecule has 6 nitrogen and oxygen atoms in total. The highest BCUT2D eigenvalue weighted by atomic mass is 19.3. The van der Waals surface area contributed by atoms with Crippen molar-refractivity contribution in [2.45, 2.75) is 19.6 Å². The number of hydrogen-bond donors (Lipinski definition) is 0. The Morgan fingerprint density at radius 1 is 1.23 bits per heavy atom. The van der Waals surface area contributed by atoms with Crippen LogP contribution < -0.4 is 9.47 Å². The SMILES string of the molecule is [2H]c1nc(CN2C(=O)c3cc(-c4c([2H])c([2H])c(OC(C)(F)F)c([2H])c4[2H])ccc3OCC2([2H])[2H])nc([2H])c1[2H]. The Morgan fingerprint density at radius 3 is 2.67 bits per heavy atom. The number of alkyl halides is 2. The average molecular weight is 420 g/mol. The van der Waals surface area contributed by atoms with E-state index < -0.39 is 80.0 Å². The molecule has 0 saturated heterocycles. The van der Waals surface area contributed by atoms with Crippen molar-refractivity contribution in [1.82, 2.24) is 14.9 Å². The molecule has 0 radical (unpaired) electrons. The van der Waals surface area contributed by atoms with Gasteiger partial charge in [0.1, 0.15) is 23.9 Å². The smallest absolute Gasteiger partial charge is 0.394 e. The van der Waals surface area contributed by atoms with Crippen molar-refractivity contribution in [3.63, 3.8) is 0 Å². The second-order valence-electron chi connectivity index (χ2n) is 6.15. The number of rotatable bonds is 5. The van der Waals surface area contributed by atoms with Gasteiger partial charge in [0.05, 0.1) is 30.9 Å². The molecule has 4 rings (SSSR count). The Morgan fingerprint density at radius 2 is 1.97 bits per heavy atom. The maximum Gasteiger partial charge on any atom is 0.394 e. The molecule has 2 aromatic carbocycles. The summed E-state index contributed by atoms with van der Waals surface area (Å²) in [5.74, 6) is -2.20. The van der Waals surface area contributed by atoms with Gasteiger partial charge in [0.15, 0.2) is 0 Å². The second kappa shape index (κ2) is 8.06. The lowest BCUT2D eigenvalue weighted by Gasteiger charge is -2.19. The molecular weight excluding hydrogens is 392 g/mol. The molecule has 3 aromatic rings. The van der Waals surface area contributed by atoms with Gasteiger partial charge in [0.25, 0.3) is 5.91 Å². The summed E-state index contributed by atoms with van der Waals surface area (Å²) in [5, 5.41) is 0. The summed E-state index contributed by atoms with van der Waals surface area (Å²) >= 11 is 0. The summed E-state index contributed by atoms with van der Waals surface area (Å²) in [4.78, 5) is 21.7. The third-order valence-electron chi connectivity index (χ3n) is 3.89. The van der Waals surface area contributed by atoms with Crippen molar-refractivity contribution in [3.8, 4) is 22.6 Å². The molecule has 2 heterocycles. The molecule has 0 fully saturated rings. The predicted molar refractivity (Wildman–Crippen MR) is 105 cm³/mol. The second-order valence-corrected chi connectivity index (χ2v) is 6.15. The molecule has 0 aliphatic carbocycles. The number of ether oxygens (including phenoxy) is 2. The minimum atomic E-state index is -3.77. The van der Waals surface area contributed by atoms with Gasteiger partial charge in [-0.05, 0) is 41.4 Å². The van der Waals surface area contributed by atoms with Gasteiger partial charge in [-0.2, -0.15) is 8.78 Å². The van der Waals surface area contributed by atoms with Gasteiger partial charge >= 0.3 is 6.11 Å². The van der Waals surface area contributed by atoms with Crippen LogP contribution in [0.25, 0.3) is 11.1 Å². The van der Waals surface area contributed by atoms with E-state index in [9.17, 15) is 13.6 Å². The van der Waals surface area contributed by atoms with Crippen LogP contribution in [0.4, 0.5) is 8.78 Å². The van der Waals surface area contributed by atoms with Gasteiger partial charge in [0, 0.05) is 19.3 Å². The summed E-state index contributed by atoms with van der Waals surface area (Å²) in [5.41, 5.74) is -0.560. The van der Waals surface area contributed by atoms with Crippen molar-refractivity contribution < 1.29 is 35.4 Å². The Bertz CT molecular complexity index is 1450. The van der Waals surface area contributed by atoms with Gasteiger partial charge in [-0.15, -0.1) is 0 Å². The highest BCUT2D eigenvalue weighted by Gasteiger charge is 2.25. The number of nitrogens with zero attached hydrogens (tertiary/aromatic N) is 3. The van der Waals surface area contributed by atoms with E-state index in [2.05, 4.69) is 14.7 Å². The summed E-state index contributed by atoms with van der Waals surface area (Å²) in [7, 11) is 0. The number of carbonyl (C=O) groups is 1. The largest absolute Gasteiger partial charge is 0.491 e. The van der Waals surface area contributed by atoms with Crippen molar-refractivity contribution in [2.75, 3.05) is 13.1 Å². The number of hydrogen-bond acceptors (Lipinski definition) is 5. The number of carbonyl (C=O) groups excluding carboxylic acids is 1. The lowest BCUT2D eigenvalue weighted by Crippen LogP contribution is -2.32. The Hall–Kier alpha value is -3.55. The van der Waals surface area contributed by atoms with E-state index in [1.54, 1.807) is 0 Å². The summed E-state index contributed by atoms with van der Waals surface area (Å²) in [6.07, 6.45) is -4.93. The van der Waals surface area contributed by atoms with E-state index in [-0.39, 0.29) is 28.3 Å². The van der Waals surface area contributed by atoms with Crippen LogP contribution in [0.5, 0.6) is 11.5 Å². The molecular formula is C22H19F2N3O3. The standard InChI is InChI=1S/C22H19F2N3O3/c1-22(23,24)30-17-6-3-15(4-7-17)16-5-8-19-18(13-16)21(28)27(11-12-29-19)14-20-25-9-2-10-26-20/h2-10,13H,11-12,14H2,1H3/i2D,3D,4D,6D,7D,9D,10D,11D2. The first kappa shape index (κ1) is 11.6. The molecule has 1 aliphatic heterocycles. The Labute approximate surface area is 184 Å². The first-order valence-corrected chi connectivity index (χ1v) is 8.59. The van der Waals surface area contributed by atoms with Crippen molar-refractivity contribution in [2.24, 2.45) is 0 Å². The average Bonchev–Trinajstić information content (AvgIpc) is 2.93. The van der Waals surface area contributed by atoms with Crippen LogP contribution >= 0.6 is 0 Å². The number of aromatic nitrogens is 2. The molecule has 30 heavy (non-hydrogen) atoms. The Balaban J connectivity index is 1.81. The zero-order chi connectivity index (χ0) is 29.0. The predicted octanol–water partition coefficient (Wildman–Crippen LogP) is 4.17. The lowest BCUT2D eigenvalue weighted by atomic mass is 10.0. The fourth-order valence-corrected chi connectivity index (χ4v) is 2.63. The topological polar surface area (TPSA) is 64.6 Å². The highest BCUT2D eigenvalue weighted by molar-refractivity contribution is 5.98. The number of fused-ring (bicyclic) bond motifs is 1. The molecule has 0 bridgehead atoms. The van der Waals surface area contributed by atoms with Crippen LogP contribution in [0.1, 0.15) is 35.4 Å². The number of amides is 1. The van der Waals surface area contributed by atoms with Crippen molar-refractivity contribution >= 4 is 5.91 Å². The molecule has 0 spiro atoms. The third-order valence-corrected chi connectivity index (χ3v) is 3.89. The van der Waals surface area contributed by atoms with Crippen LogP contribution in [0, 0.1) is 0 Å². The molecule has 8 heteroatoms. The molecule has 0 atom stereocenters. The molecule has 1 amide bonds. The summed E-state index contributed by atoms with van der Waals surface area (Å²) in [6.45, 7) is -3.24. The zero-order valence-corrected chi connectivity index (χ0v) is 15.5. The molecule has 1 aliphatic rings. The quantitative estimate of drug-likeness (QED) is 0.620. The minimum absolute atomic E-state index is 0.0170. The monoisotopic (exact) mass is 420 g/mol. The van der Waals surface area contributed by atoms with E-state index in [1.165, 1.54) is 12.1 Å². The zero-order valence-electron chi connectivity index (χ0n) is 24.5. The normalized spacial score (nSPS) is 19.9. The lowest BCUT2D eigenvalue weighted by molar-refractivity contribution is -0.158. The van der Waals surface area contributed by atoms with Crippen LogP contribution in [0.2, 0.25) is 0 Å². The van der Waals surface area contributed by atoms with Crippen molar-refractivity contribution in [1.29, 1.82) is 0 Å². The van der Waals surface area contributed by atoms with E-state index in [4.69, 9.17) is 17.1 Å². The summed E-state index contributed by atoms with van der Waals surface area (Å²) in [6, 6.07) is 0.0511. The third kappa shape index (κ3) is 4.53. The molecule has 0 N–H and O–H groups in total. The summed E-state index contributed by atoms with van der Waals surface area (Å²) < 4.78 is 109. The van der Waals surface area contributed by atoms with E-state index in [1.807, 2.05) is 0 Å². The maximum atomic E-state index is 13.5.